The van der Waals surface area contributed by atoms with E-state index in [1.807, 2.05) is 13.8 Å². The molecule has 38 heavy (non-hydrogen) atoms. The molecule has 6 rings (SSSR count). The van der Waals surface area contributed by atoms with Gasteiger partial charge in [0.25, 0.3) is 0 Å². The van der Waals surface area contributed by atoms with Gasteiger partial charge in [0.15, 0.2) is 23.0 Å². The monoisotopic (exact) mass is 518 g/mol. The maximum atomic E-state index is 11.5. The molecule has 2 aromatic carbocycles. The normalized spacial score (nSPS) is 27.1. The lowest BCUT2D eigenvalue weighted by molar-refractivity contribution is -0.0710. The third-order valence-corrected chi connectivity index (χ3v) is 8.83. The van der Waals surface area contributed by atoms with Crippen molar-refractivity contribution in [3.8, 4) is 34.8 Å². The summed E-state index contributed by atoms with van der Waals surface area (Å²) >= 11 is 0. The molecule has 1 fully saturated rings. The van der Waals surface area contributed by atoms with Gasteiger partial charge < -0.3 is 29.8 Å². The zero-order valence-electron chi connectivity index (χ0n) is 22.3. The number of phenolic OH excluding ortho intramolecular Hbond substituents is 1. The van der Waals surface area contributed by atoms with Crippen LogP contribution in [0.3, 0.4) is 0 Å². The number of likely N-dealkylation sites (N-methyl/N-ethyl adjacent to an activating group) is 1. The fourth-order valence-electron chi connectivity index (χ4n) is 7.40. The van der Waals surface area contributed by atoms with E-state index >= 15 is 0 Å². The minimum atomic E-state index is -0.405. The second kappa shape index (κ2) is 9.09. The van der Waals surface area contributed by atoms with Crippen molar-refractivity contribution in [2.45, 2.75) is 56.9 Å². The van der Waals surface area contributed by atoms with Crippen LogP contribution < -0.4 is 24.7 Å². The Hall–Kier alpha value is -3.45. The van der Waals surface area contributed by atoms with Crippen molar-refractivity contribution in [2.75, 3.05) is 34.1 Å². The molecular weight excluding hydrogens is 484 g/mol. The zero-order chi connectivity index (χ0) is 26.9. The molecule has 0 aliphatic carbocycles. The molecule has 9 nitrogen and oxygen atoms in total. The molecule has 1 saturated heterocycles. The van der Waals surface area contributed by atoms with Crippen molar-refractivity contribution in [2.24, 2.45) is 5.73 Å². The maximum absolute atomic E-state index is 11.5. The molecular formula is C29H34N4O5. The Labute approximate surface area is 222 Å². The molecule has 4 aliphatic rings. The van der Waals surface area contributed by atoms with E-state index in [0.717, 1.165) is 39.1 Å². The first-order valence-electron chi connectivity index (χ1n) is 13.0. The highest BCUT2D eigenvalue weighted by Crippen LogP contribution is 2.58. The molecule has 0 saturated carbocycles. The number of nitriles is 1. The molecule has 0 spiro atoms. The van der Waals surface area contributed by atoms with Crippen LogP contribution in [0, 0.1) is 25.2 Å². The van der Waals surface area contributed by atoms with Crippen molar-refractivity contribution in [1.82, 2.24) is 9.80 Å². The molecule has 0 aromatic heterocycles. The molecule has 0 amide bonds. The summed E-state index contributed by atoms with van der Waals surface area (Å²) in [4.78, 5) is 4.52. The molecule has 200 valence electrons. The van der Waals surface area contributed by atoms with E-state index in [0.29, 0.717) is 43.2 Å². The lowest BCUT2D eigenvalue weighted by Gasteiger charge is -2.60. The molecule has 4 aliphatic heterocycles. The average Bonchev–Trinajstić information content (AvgIpc) is 3.39. The number of benzene rings is 2. The second-order valence-corrected chi connectivity index (χ2v) is 10.6. The van der Waals surface area contributed by atoms with E-state index in [1.165, 1.54) is 0 Å². The van der Waals surface area contributed by atoms with Crippen molar-refractivity contribution in [3.63, 3.8) is 0 Å². The van der Waals surface area contributed by atoms with Crippen molar-refractivity contribution in [3.05, 3.63) is 52.1 Å². The number of rotatable bonds is 5. The fraction of sp³-hybridized carbons (Fsp3) is 0.483. The summed E-state index contributed by atoms with van der Waals surface area (Å²) in [6, 6.07) is 3.64. The molecule has 5 atom stereocenters. The summed E-state index contributed by atoms with van der Waals surface area (Å²) in [5, 5.41) is 22.0. The molecule has 0 radical (unpaired) electrons. The molecule has 2 aromatic rings. The Balaban J connectivity index is 1.60. The van der Waals surface area contributed by atoms with Crippen LogP contribution in [0.1, 0.15) is 45.5 Å². The molecule has 3 N–H and O–H groups in total. The number of phenols is 1. The Morgan fingerprint density at radius 1 is 1.21 bits per heavy atom. The first kappa shape index (κ1) is 24.9. The molecule has 4 heterocycles. The van der Waals surface area contributed by atoms with Crippen LogP contribution in [0.25, 0.3) is 0 Å². The van der Waals surface area contributed by atoms with Crippen LogP contribution in [0.15, 0.2) is 18.7 Å². The summed E-state index contributed by atoms with van der Waals surface area (Å²) in [7, 11) is 3.64. The largest absolute Gasteiger partial charge is 0.504 e. The standard InChI is InChI=1S/C29H34N4O5/c1-6-7-36-27-15(3)28-29(38-13-37-28)23-17(27)10-19-24-22-16(8-14(2)26(35-5)25(22)34)9-18(32(24)4)20(11-30)33(19)21(23)12-31/h6,8,18-21,24,34H,1,7,9-10,12-13,31H2,2-5H3/t18-,19?,20?,21-,24-/m0/s1. The summed E-state index contributed by atoms with van der Waals surface area (Å²) < 4.78 is 23.8. The number of hydrogen-bond acceptors (Lipinski definition) is 9. The van der Waals surface area contributed by atoms with Gasteiger partial charge in [-0.15, -0.1) is 0 Å². The third-order valence-electron chi connectivity index (χ3n) is 8.83. The van der Waals surface area contributed by atoms with Crippen LogP contribution in [0.4, 0.5) is 0 Å². The smallest absolute Gasteiger partial charge is 0.231 e. The van der Waals surface area contributed by atoms with Gasteiger partial charge in [-0.1, -0.05) is 18.7 Å². The number of nitrogens with two attached hydrogens (primary N) is 1. The predicted octanol–water partition coefficient (Wildman–Crippen LogP) is 3.04. The van der Waals surface area contributed by atoms with E-state index in [1.54, 1.807) is 13.2 Å². The number of hydrogen-bond donors (Lipinski definition) is 2. The Kier molecular flexibility index (Phi) is 5.94. The number of aromatic hydroxyl groups is 1. The van der Waals surface area contributed by atoms with Gasteiger partial charge in [-0.2, -0.15) is 5.26 Å². The van der Waals surface area contributed by atoms with Crippen molar-refractivity contribution < 1.29 is 24.1 Å². The zero-order valence-corrected chi connectivity index (χ0v) is 22.3. The summed E-state index contributed by atoms with van der Waals surface area (Å²) in [5.74, 6) is 2.78. The lowest BCUT2D eigenvalue weighted by atomic mass is 9.71. The second-order valence-electron chi connectivity index (χ2n) is 10.6. The summed E-state index contributed by atoms with van der Waals surface area (Å²) in [6.45, 7) is 8.52. The van der Waals surface area contributed by atoms with Gasteiger partial charge in [-0.25, -0.2) is 0 Å². The number of fused-ring (bicyclic) bond motifs is 9. The van der Waals surface area contributed by atoms with Crippen LogP contribution in [0.5, 0.6) is 28.7 Å². The third kappa shape index (κ3) is 3.20. The van der Waals surface area contributed by atoms with Crippen molar-refractivity contribution >= 4 is 0 Å². The Bertz CT molecular complexity index is 1370. The van der Waals surface area contributed by atoms with Gasteiger partial charge in [0.05, 0.1) is 25.3 Å². The highest BCUT2D eigenvalue weighted by Gasteiger charge is 2.56. The fourth-order valence-corrected chi connectivity index (χ4v) is 7.40. The number of ether oxygens (including phenoxy) is 4. The number of methoxy groups -OCH3 is 1. The van der Waals surface area contributed by atoms with Gasteiger partial charge in [0.1, 0.15) is 18.4 Å². The van der Waals surface area contributed by atoms with Crippen LogP contribution >= 0.6 is 0 Å². The minimum absolute atomic E-state index is 0.0660. The molecule has 2 bridgehead atoms. The van der Waals surface area contributed by atoms with Crippen LogP contribution in [-0.2, 0) is 12.8 Å². The SMILES string of the molecule is C=CCOc1c(C)c2c(c3c1CC1[C@H]4c5c(cc(C)c(OC)c5O)C[C@@H](C(C#N)N1[C@H]3CN)N4C)OCO2. The lowest BCUT2D eigenvalue weighted by Crippen LogP contribution is -2.68. The first-order chi connectivity index (χ1) is 18.4. The predicted molar refractivity (Wildman–Crippen MR) is 141 cm³/mol. The van der Waals surface area contributed by atoms with E-state index in [9.17, 15) is 10.4 Å². The average molecular weight is 519 g/mol. The van der Waals surface area contributed by atoms with Gasteiger partial charge >= 0.3 is 0 Å². The van der Waals surface area contributed by atoms with Gasteiger partial charge in [-0.3, -0.25) is 9.80 Å². The highest BCUT2D eigenvalue weighted by atomic mass is 16.7. The Morgan fingerprint density at radius 2 is 1.97 bits per heavy atom. The van der Waals surface area contributed by atoms with Gasteiger partial charge in [-0.05, 0) is 44.9 Å². The van der Waals surface area contributed by atoms with Crippen LogP contribution in [0.2, 0.25) is 0 Å². The van der Waals surface area contributed by atoms with E-state index in [-0.39, 0.29) is 36.7 Å². The molecule has 9 heteroatoms. The van der Waals surface area contributed by atoms with E-state index < -0.39 is 6.04 Å². The number of piperazine rings is 1. The quantitative estimate of drug-likeness (QED) is 0.577. The van der Waals surface area contributed by atoms with Crippen LogP contribution in [-0.4, -0.2) is 67.1 Å². The van der Waals surface area contributed by atoms with E-state index in [4.69, 9.17) is 24.7 Å². The van der Waals surface area contributed by atoms with Gasteiger partial charge in [0, 0.05) is 40.9 Å². The van der Waals surface area contributed by atoms with Crippen molar-refractivity contribution in [1.29, 1.82) is 5.26 Å². The summed E-state index contributed by atoms with van der Waals surface area (Å²) in [5.41, 5.74) is 12.2. The van der Waals surface area contributed by atoms with Gasteiger partial charge in [0.2, 0.25) is 6.79 Å². The first-order valence-corrected chi connectivity index (χ1v) is 13.0. The minimum Gasteiger partial charge on any atom is -0.504 e. The van der Waals surface area contributed by atoms with E-state index in [2.05, 4.69) is 35.6 Å². The number of nitrogens with zero attached hydrogens (tertiary/aromatic N) is 3. The topological polar surface area (TPSA) is 113 Å². The summed E-state index contributed by atoms with van der Waals surface area (Å²) in [6.07, 6.45) is 2.96. The number of aryl methyl sites for hydroxylation is 1. The maximum Gasteiger partial charge on any atom is 0.231 e. The molecule has 2 unspecified atom stereocenters. The highest BCUT2D eigenvalue weighted by molar-refractivity contribution is 5.66. The Morgan fingerprint density at radius 3 is 2.66 bits per heavy atom.